The molecule has 0 aliphatic rings. The molecule has 2 aromatic rings. The van der Waals surface area contributed by atoms with E-state index in [0.29, 0.717) is 6.42 Å². The van der Waals surface area contributed by atoms with Crippen LogP contribution < -0.4 is 5.32 Å². The summed E-state index contributed by atoms with van der Waals surface area (Å²) in [7, 11) is 3.53. The van der Waals surface area contributed by atoms with Crippen molar-refractivity contribution in [2.45, 2.75) is 31.5 Å². The number of nitrogens with zero attached hydrogens (tertiary/aromatic N) is 2. The summed E-state index contributed by atoms with van der Waals surface area (Å²) >= 11 is 0. The number of benzene rings is 1. The smallest absolute Gasteiger partial charge is 0.317 e. The summed E-state index contributed by atoms with van der Waals surface area (Å²) in [5.74, 6) is 0. The van der Waals surface area contributed by atoms with E-state index < -0.39 is 12.6 Å². The van der Waals surface area contributed by atoms with Crippen LogP contribution in [0.3, 0.4) is 0 Å². The zero-order valence-corrected chi connectivity index (χ0v) is 11.5. The van der Waals surface area contributed by atoms with E-state index in [1.54, 1.807) is 11.7 Å². The Morgan fingerprint density at radius 2 is 2.00 bits per heavy atom. The maximum atomic E-state index is 12.3. The molecule has 1 atom stereocenters. The van der Waals surface area contributed by atoms with E-state index in [1.807, 2.05) is 31.3 Å². The number of alkyl halides is 3. The molecule has 20 heavy (non-hydrogen) atoms. The van der Waals surface area contributed by atoms with Gasteiger partial charge in [-0.2, -0.15) is 18.3 Å². The Hall–Kier alpha value is -1.56. The Morgan fingerprint density at radius 1 is 1.30 bits per heavy atom. The molecule has 3 nitrogen and oxygen atoms in total. The summed E-state index contributed by atoms with van der Waals surface area (Å²) in [4.78, 5) is 0. The minimum Gasteiger partial charge on any atom is -0.317 e. The van der Waals surface area contributed by atoms with E-state index in [1.165, 1.54) is 0 Å². The Bertz CT molecular complexity index is 575. The average molecular weight is 285 g/mol. The Labute approximate surface area is 115 Å². The molecule has 0 saturated heterocycles. The highest BCUT2D eigenvalue weighted by Crippen LogP contribution is 2.24. The van der Waals surface area contributed by atoms with Gasteiger partial charge in [-0.15, -0.1) is 0 Å². The van der Waals surface area contributed by atoms with Crippen LogP contribution >= 0.6 is 0 Å². The van der Waals surface area contributed by atoms with Crippen LogP contribution in [0, 0.1) is 0 Å². The standard InChI is InChI=1S/C14H18F3N3/c1-18-10(7-8-14(15,16)17)9-12-11-5-3-4-6-13(11)20(2)19-12/h3-6,10,18H,7-9H2,1-2H3. The largest absolute Gasteiger partial charge is 0.389 e. The second-order valence-electron chi connectivity index (χ2n) is 4.93. The van der Waals surface area contributed by atoms with Crippen LogP contribution in [-0.2, 0) is 13.5 Å². The summed E-state index contributed by atoms with van der Waals surface area (Å²) in [5, 5.41) is 8.37. The minimum absolute atomic E-state index is 0.0604. The second-order valence-corrected chi connectivity index (χ2v) is 4.93. The molecule has 0 fully saturated rings. The molecule has 1 aromatic carbocycles. The molecule has 1 N–H and O–H groups in total. The van der Waals surface area contributed by atoms with Gasteiger partial charge in [0.2, 0.25) is 0 Å². The lowest BCUT2D eigenvalue weighted by molar-refractivity contribution is -0.136. The van der Waals surface area contributed by atoms with Gasteiger partial charge in [0.1, 0.15) is 0 Å². The molecule has 6 heteroatoms. The first kappa shape index (κ1) is 14.8. The summed E-state index contributed by atoms with van der Waals surface area (Å²) in [6.45, 7) is 0. The van der Waals surface area contributed by atoms with Gasteiger partial charge in [-0.3, -0.25) is 4.68 Å². The van der Waals surface area contributed by atoms with Crippen LogP contribution in [0.25, 0.3) is 10.9 Å². The number of para-hydroxylation sites is 1. The van der Waals surface area contributed by atoms with Crippen LogP contribution in [0.5, 0.6) is 0 Å². The van der Waals surface area contributed by atoms with Crippen molar-refractivity contribution in [2.24, 2.45) is 7.05 Å². The van der Waals surface area contributed by atoms with Crippen LogP contribution in [0.1, 0.15) is 18.5 Å². The Balaban J connectivity index is 2.13. The fraction of sp³-hybridized carbons (Fsp3) is 0.500. The maximum Gasteiger partial charge on any atom is 0.389 e. The van der Waals surface area contributed by atoms with Crippen molar-refractivity contribution in [1.82, 2.24) is 15.1 Å². The van der Waals surface area contributed by atoms with Crippen molar-refractivity contribution in [3.63, 3.8) is 0 Å². The lowest BCUT2D eigenvalue weighted by Gasteiger charge is -2.16. The van der Waals surface area contributed by atoms with Crippen molar-refractivity contribution in [3.8, 4) is 0 Å². The highest BCUT2D eigenvalue weighted by Gasteiger charge is 2.28. The number of rotatable bonds is 5. The first-order valence-electron chi connectivity index (χ1n) is 6.55. The molecule has 0 amide bonds. The zero-order valence-electron chi connectivity index (χ0n) is 11.5. The van der Waals surface area contributed by atoms with E-state index in [9.17, 15) is 13.2 Å². The summed E-state index contributed by atoms with van der Waals surface area (Å²) in [6.07, 6.45) is -4.33. The highest BCUT2D eigenvalue weighted by atomic mass is 19.4. The molecule has 0 aliphatic heterocycles. The topological polar surface area (TPSA) is 29.9 Å². The van der Waals surface area contributed by atoms with Gasteiger partial charge in [0.25, 0.3) is 0 Å². The summed E-state index contributed by atoms with van der Waals surface area (Å²) in [6, 6.07) is 7.52. The van der Waals surface area contributed by atoms with Crippen molar-refractivity contribution < 1.29 is 13.2 Å². The van der Waals surface area contributed by atoms with Crippen molar-refractivity contribution >= 4 is 10.9 Å². The van der Waals surface area contributed by atoms with E-state index in [0.717, 1.165) is 16.6 Å². The van der Waals surface area contributed by atoms with Gasteiger partial charge in [0.05, 0.1) is 11.2 Å². The van der Waals surface area contributed by atoms with Gasteiger partial charge in [0, 0.05) is 31.3 Å². The van der Waals surface area contributed by atoms with Gasteiger partial charge in [0.15, 0.2) is 0 Å². The van der Waals surface area contributed by atoms with E-state index in [2.05, 4.69) is 10.4 Å². The van der Waals surface area contributed by atoms with Gasteiger partial charge in [-0.1, -0.05) is 18.2 Å². The molecule has 0 aliphatic carbocycles. The predicted octanol–water partition coefficient (Wildman–Crippen LogP) is 3.05. The maximum absolute atomic E-state index is 12.3. The molecule has 0 bridgehead atoms. The monoisotopic (exact) mass is 285 g/mol. The molecule has 0 spiro atoms. The number of fused-ring (bicyclic) bond motifs is 1. The van der Waals surface area contributed by atoms with Gasteiger partial charge in [-0.05, 0) is 19.5 Å². The fourth-order valence-electron chi connectivity index (χ4n) is 2.36. The van der Waals surface area contributed by atoms with Crippen molar-refractivity contribution in [1.29, 1.82) is 0 Å². The third-order valence-electron chi connectivity index (χ3n) is 3.46. The van der Waals surface area contributed by atoms with Crippen LogP contribution in [0.4, 0.5) is 13.2 Å². The number of aryl methyl sites for hydroxylation is 1. The quantitative estimate of drug-likeness (QED) is 0.915. The fourth-order valence-corrected chi connectivity index (χ4v) is 2.36. The molecule has 2 rings (SSSR count). The number of aromatic nitrogens is 2. The van der Waals surface area contributed by atoms with E-state index >= 15 is 0 Å². The Morgan fingerprint density at radius 3 is 2.65 bits per heavy atom. The molecule has 1 aromatic heterocycles. The molecule has 0 radical (unpaired) electrons. The molecule has 1 heterocycles. The van der Waals surface area contributed by atoms with E-state index in [-0.39, 0.29) is 12.5 Å². The van der Waals surface area contributed by atoms with E-state index in [4.69, 9.17) is 0 Å². The normalized spacial score (nSPS) is 13.8. The lowest BCUT2D eigenvalue weighted by Crippen LogP contribution is -2.29. The number of nitrogens with one attached hydrogen (secondary N) is 1. The molecule has 0 saturated carbocycles. The first-order chi connectivity index (χ1) is 9.40. The highest BCUT2D eigenvalue weighted by molar-refractivity contribution is 5.81. The van der Waals surface area contributed by atoms with Crippen LogP contribution in [0.15, 0.2) is 24.3 Å². The van der Waals surface area contributed by atoms with Crippen LogP contribution in [-0.4, -0.2) is 29.0 Å². The van der Waals surface area contributed by atoms with Crippen LogP contribution in [0.2, 0.25) is 0 Å². The van der Waals surface area contributed by atoms with Gasteiger partial charge >= 0.3 is 6.18 Å². The SMILES string of the molecule is CNC(CCC(F)(F)F)Cc1nn(C)c2ccccc12. The lowest BCUT2D eigenvalue weighted by atomic mass is 10.0. The Kier molecular flexibility index (Phi) is 4.32. The molecular formula is C14H18F3N3. The third kappa shape index (κ3) is 3.50. The molecule has 1 unspecified atom stereocenters. The number of likely N-dealkylation sites (N-methyl/N-ethyl adjacent to an activating group) is 1. The average Bonchev–Trinajstić information content (AvgIpc) is 2.71. The molecular weight excluding hydrogens is 267 g/mol. The van der Waals surface area contributed by atoms with Gasteiger partial charge in [-0.25, -0.2) is 0 Å². The third-order valence-corrected chi connectivity index (χ3v) is 3.46. The van der Waals surface area contributed by atoms with Crippen molar-refractivity contribution in [3.05, 3.63) is 30.0 Å². The summed E-state index contributed by atoms with van der Waals surface area (Å²) in [5.41, 5.74) is 1.83. The minimum atomic E-state index is -4.11. The predicted molar refractivity (Wildman–Crippen MR) is 72.6 cm³/mol. The summed E-state index contributed by atoms with van der Waals surface area (Å²) < 4.78 is 38.7. The second kappa shape index (κ2) is 5.83. The number of hydrogen-bond donors (Lipinski definition) is 1. The zero-order chi connectivity index (χ0) is 14.8. The number of halogens is 3. The first-order valence-corrected chi connectivity index (χ1v) is 6.55. The van der Waals surface area contributed by atoms with Crippen molar-refractivity contribution in [2.75, 3.05) is 7.05 Å². The molecule has 110 valence electrons. The number of hydrogen-bond acceptors (Lipinski definition) is 2. The van der Waals surface area contributed by atoms with Gasteiger partial charge < -0.3 is 5.32 Å².